The summed E-state index contributed by atoms with van der Waals surface area (Å²) in [5.41, 5.74) is 12.2. The molecule has 246 valence electrons. The molecule has 4 aliphatic carbocycles. The topological polar surface area (TPSA) is 25.8 Å². The predicted molar refractivity (Wildman–Crippen MR) is 209 cm³/mol. The fourth-order valence-corrected chi connectivity index (χ4v) is 7.71. The summed E-state index contributed by atoms with van der Waals surface area (Å²) in [5.74, 6) is 0.796. The number of allylic oxidation sites excluding steroid dienone is 17. The summed E-state index contributed by atoms with van der Waals surface area (Å²) in [5, 5.41) is 0. The van der Waals surface area contributed by atoms with E-state index in [0.717, 1.165) is 72.4 Å². The Balaban J connectivity index is 1.20. The largest absolute Gasteiger partial charge is 0.228 e. The Labute approximate surface area is 293 Å². The van der Waals surface area contributed by atoms with Crippen LogP contribution in [-0.2, 0) is 6.42 Å². The van der Waals surface area contributed by atoms with Crippen molar-refractivity contribution >= 4 is 22.8 Å². The first-order chi connectivity index (χ1) is 24.2. The standard InChI is InChI=1S/C47H48N2/c1-2-17-38(44-35-45(39-19-9-5-10-20-39)49-46(48-44)40-21-7-3-4-8-22-40)25-16-33-47(31-13-6-14-32-47)43-26-15-24-37(29-30-43)42-28-27-36-18-11-12-23-41(36)34-42/h2,5,7,9-10,12,16-17,19-30,33-35H,3-4,6,8,11,13-15,18,31-32H2,1H3/b17-2-,33-16+,38-25+. The number of nitrogens with zero attached hydrogens (tertiary/aromatic N) is 2. The average Bonchev–Trinajstić information content (AvgIpc) is 3.60. The van der Waals surface area contributed by atoms with Crippen molar-refractivity contribution in [1.82, 2.24) is 9.97 Å². The van der Waals surface area contributed by atoms with Gasteiger partial charge < -0.3 is 0 Å². The van der Waals surface area contributed by atoms with E-state index in [1.165, 1.54) is 59.9 Å². The third-order valence-electron chi connectivity index (χ3n) is 10.4. The number of aryl methyl sites for hydroxylation is 1. The van der Waals surface area contributed by atoms with Gasteiger partial charge in [0, 0.05) is 16.6 Å². The highest BCUT2D eigenvalue weighted by molar-refractivity contribution is 5.79. The first kappa shape index (κ1) is 32.7. The number of hydrogen-bond acceptors (Lipinski definition) is 2. The highest BCUT2D eigenvalue weighted by Gasteiger charge is 2.32. The average molecular weight is 641 g/mol. The molecule has 1 aromatic heterocycles. The minimum atomic E-state index is 0.0379. The fourth-order valence-electron chi connectivity index (χ4n) is 7.71. The highest BCUT2D eigenvalue weighted by Crippen LogP contribution is 2.45. The number of hydrogen-bond donors (Lipinski definition) is 0. The molecule has 7 rings (SSSR count). The molecule has 0 radical (unpaired) electrons. The van der Waals surface area contributed by atoms with Gasteiger partial charge in [-0.1, -0.05) is 147 Å². The molecular formula is C47H48N2. The Morgan fingerprint density at radius 2 is 1.61 bits per heavy atom. The Morgan fingerprint density at radius 3 is 2.49 bits per heavy atom. The third kappa shape index (κ3) is 7.75. The highest BCUT2D eigenvalue weighted by atomic mass is 14.9. The molecular weight excluding hydrogens is 593 g/mol. The van der Waals surface area contributed by atoms with Crippen LogP contribution in [0.1, 0.15) is 99.3 Å². The van der Waals surface area contributed by atoms with Gasteiger partial charge >= 0.3 is 0 Å². The molecule has 0 saturated heterocycles. The van der Waals surface area contributed by atoms with Gasteiger partial charge in [-0.15, -0.1) is 0 Å². The SMILES string of the molecule is C\C=C/C(=C\C=C\C1(C2=CCC=C(c3ccc4c(c3)C=CCC4)C=C2)CCCCC1)c1cc(-c2ccccc2)nc(C2=CCCCC=C2)n1. The van der Waals surface area contributed by atoms with Gasteiger partial charge in [-0.25, -0.2) is 9.97 Å². The van der Waals surface area contributed by atoms with E-state index in [1.807, 2.05) is 0 Å². The molecule has 2 aromatic carbocycles. The first-order valence-electron chi connectivity index (χ1n) is 18.4. The monoisotopic (exact) mass is 640 g/mol. The number of aromatic nitrogens is 2. The zero-order chi connectivity index (χ0) is 33.3. The van der Waals surface area contributed by atoms with Crippen LogP contribution in [-0.4, -0.2) is 9.97 Å². The van der Waals surface area contributed by atoms with Gasteiger partial charge in [0.05, 0.1) is 11.4 Å². The lowest BCUT2D eigenvalue weighted by Crippen LogP contribution is -2.23. The first-order valence-corrected chi connectivity index (χ1v) is 18.4. The molecule has 3 aromatic rings. The normalized spacial score (nSPS) is 19.3. The molecule has 2 heteroatoms. The fraction of sp³-hybridized carbons (Fsp3) is 0.277. The van der Waals surface area contributed by atoms with Crippen LogP contribution in [0, 0.1) is 5.41 Å². The maximum Gasteiger partial charge on any atom is 0.160 e. The van der Waals surface area contributed by atoms with E-state index in [9.17, 15) is 0 Å². The molecule has 49 heavy (non-hydrogen) atoms. The van der Waals surface area contributed by atoms with Crippen molar-refractivity contribution in [3.63, 3.8) is 0 Å². The van der Waals surface area contributed by atoms with Crippen LogP contribution in [0.25, 0.3) is 34.1 Å². The molecule has 0 N–H and O–H groups in total. The van der Waals surface area contributed by atoms with Crippen LogP contribution in [0.4, 0.5) is 0 Å². The summed E-state index contributed by atoms with van der Waals surface area (Å²) in [7, 11) is 0. The van der Waals surface area contributed by atoms with Gasteiger partial charge in [0.15, 0.2) is 5.82 Å². The quantitative estimate of drug-likeness (QED) is 0.229. The van der Waals surface area contributed by atoms with E-state index in [0.29, 0.717) is 0 Å². The lowest BCUT2D eigenvalue weighted by Gasteiger charge is -2.36. The van der Waals surface area contributed by atoms with Crippen molar-refractivity contribution in [2.24, 2.45) is 5.41 Å². The molecule has 2 nitrogen and oxygen atoms in total. The summed E-state index contributed by atoms with van der Waals surface area (Å²) in [4.78, 5) is 10.2. The second-order valence-electron chi connectivity index (χ2n) is 13.8. The molecule has 1 saturated carbocycles. The molecule has 0 amide bonds. The van der Waals surface area contributed by atoms with Gasteiger partial charge in [0.2, 0.25) is 0 Å². The second-order valence-corrected chi connectivity index (χ2v) is 13.8. The molecule has 0 atom stereocenters. The minimum Gasteiger partial charge on any atom is -0.228 e. The molecule has 1 fully saturated rings. The molecule has 0 spiro atoms. The van der Waals surface area contributed by atoms with E-state index >= 15 is 0 Å². The van der Waals surface area contributed by atoms with E-state index in [4.69, 9.17) is 9.97 Å². The van der Waals surface area contributed by atoms with Crippen molar-refractivity contribution < 1.29 is 0 Å². The molecule has 0 aliphatic heterocycles. The van der Waals surface area contributed by atoms with Crippen molar-refractivity contribution in [2.75, 3.05) is 0 Å². The second kappa shape index (κ2) is 15.6. The number of fused-ring (bicyclic) bond motifs is 1. The minimum absolute atomic E-state index is 0.0379. The van der Waals surface area contributed by atoms with E-state index in [-0.39, 0.29) is 5.41 Å². The smallest absolute Gasteiger partial charge is 0.160 e. The Hall–Kier alpha value is -4.82. The zero-order valence-electron chi connectivity index (χ0n) is 29.0. The van der Waals surface area contributed by atoms with E-state index in [2.05, 4.69) is 147 Å². The third-order valence-corrected chi connectivity index (χ3v) is 10.4. The van der Waals surface area contributed by atoms with Gasteiger partial charge in [-0.05, 0) is 104 Å². The summed E-state index contributed by atoms with van der Waals surface area (Å²) < 4.78 is 0. The van der Waals surface area contributed by atoms with Crippen LogP contribution in [0.15, 0.2) is 139 Å². The maximum absolute atomic E-state index is 5.17. The van der Waals surface area contributed by atoms with Crippen LogP contribution in [0.3, 0.4) is 0 Å². The Kier molecular flexibility index (Phi) is 10.4. The summed E-state index contributed by atoms with van der Waals surface area (Å²) in [6.45, 7) is 2.08. The molecule has 1 heterocycles. The van der Waals surface area contributed by atoms with Crippen molar-refractivity contribution in [3.05, 3.63) is 167 Å². The van der Waals surface area contributed by atoms with Gasteiger partial charge in [-0.2, -0.15) is 0 Å². The van der Waals surface area contributed by atoms with Crippen LogP contribution >= 0.6 is 0 Å². The molecule has 0 unspecified atom stereocenters. The lowest BCUT2D eigenvalue weighted by molar-refractivity contribution is 0.313. The Morgan fingerprint density at radius 1 is 0.735 bits per heavy atom. The van der Waals surface area contributed by atoms with Crippen LogP contribution in [0.2, 0.25) is 0 Å². The summed E-state index contributed by atoms with van der Waals surface area (Å²) in [6, 6.07) is 19.7. The van der Waals surface area contributed by atoms with Crippen molar-refractivity contribution in [3.8, 4) is 11.3 Å². The van der Waals surface area contributed by atoms with Crippen molar-refractivity contribution in [2.45, 2.75) is 77.6 Å². The van der Waals surface area contributed by atoms with E-state index < -0.39 is 0 Å². The van der Waals surface area contributed by atoms with E-state index in [1.54, 1.807) is 0 Å². The summed E-state index contributed by atoms with van der Waals surface area (Å²) >= 11 is 0. The van der Waals surface area contributed by atoms with Crippen molar-refractivity contribution in [1.29, 1.82) is 0 Å². The Bertz CT molecular complexity index is 1930. The lowest BCUT2D eigenvalue weighted by atomic mass is 9.68. The molecule has 0 bridgehead atoms. The number of benzene rings is 2. The van der Waals surface area contributed by atoms with Gasteiger partial charge in [-0.3, -0.25) is 0 Å². The summed E-state index contributed by atoms with van der Waals surface area (Å²) in [6.07, 6.45) is 45.1. The van der Waals surface area contributed by atoms with Crippen LogP contribution in [0.5, 0.6) is 0 Å². The zero-order valence-corrected chi connectivity index (χ0v) is 29.0. The predicted octanol–water partition coefficient (Wildman–Crippen LogP) is 12.7. The van der Waals surface area contributed by atoms with Gasteiger partial charge in [0.1, 0.15) is 0 Å². The number of rotatable bonds is 8. The maximum atomic E-state index is 5.17. The van der Waals surface area contributed by atoms with Gasteiger partial charge in [0.25, 0.3) is 0 Å². The molecule has 4 aliphatic rings. The van der Waals surface area contributed by atoms with Crippen LogP contribution < -0.4 is 0 Å².